The summed E-state index contributed by atoms with van der Waals surface area (Å²) in [4.78, 5) is 36.2. The van der Waals surface area contributed by atoms with Crippen LogP contribution >= 0.6 is 0 Å². The maximum absolute atomic E-state index is 12.2. The Kier molecular flexibility index (Phi) is 6.16. The molecule has 1 heterocycles. The molecule has 0 aromatic heterocycles. The smallest absolute Gasteiger partial charge is 0.338 e. The van der Waals surface area contributed by atoms with Crippen molar-refractivity contribution < 1.29 is 23.9 Å². The van der Waals surface area contributed by atoms with Crippen LogP contribution in [0.2, 0.25) is 0 Å². The second-order valence-electron chi connectivity index (χ2n) is 5.62. The Morgan fingerprint density at radius 1 is 1.16 bits per heavy atom. The maximum Gasteiger partial charge on any atom is 0.338 e. The summed E-state index contributed by atoms with van der Waals surface area (Å²) in [6.45, 7) is 5.41. The molecule has 0 aliphatic carbocycles. The van der Waals surface area contributed by atoms with Gasteiger partial charge < -0.3 is 20.1 Å². The van der Waals surface area contributed by atoms with E-state index in [0.717, 1.165) is 5.56 Å². The van der Waals surface area contributed by atoms with E-state index in [4.69, 9.17) is 9.47 Å². The predicted octanol–water partition coefficient (Wildman–Crippen LogP) is 2.06. The van der Waals surface area contributed by atoms with Crippen molar-refractivity contribution in [2.45, 2.75) is 33.2 Å². The summed E-state index contributed by atoms with van der Waals surface area (Å²) in [6.07, 6.45) is 0.511. The van der Waals surface area contributed by atoms with Gasteiger partial charge in [-0.25, -0.2) is 14.4 Å². The molecule has 2 N–H and O–H groups in total. The third-order valence-electron chi connectivity index (χ3n) is 3.75. The number of esters is 2. The van der Waals surface area contributed by atoms with Crippen LogP contribution < -0.4 is 10.6 Å². The highest BCUT2D eigenvalue weighted by atomic mass is 16.5. The van der Waals surface area contributed by atoms with Crippen LogP contribution in [0.4, 0.5) is 4.79 Å². The number of nitrogens with one attached hydrogen (secondary N) is 2. The summed E-state index contributed by atoms with van der Waals surface area (Å²) in [6, 6.07) is 6.05. The molecule has 7 nitrogen and oxygen atoms in total. The summed E-state index contributed by atoms with van der Waals surface area (Å²) in [5.41, 5.74) is 1.86. The van der Waals surface area contributed by atoms with E-state index in [0.29, 0.717) is 12.0 Å². The molecule has 0 fully saturated rings. The van der Waals surface area contributed by atoms with Gasteiger partial charge in [0.25, 0.3) is 0 Å². The second kappa shape index (κ2) is 8.32. The molecule has 0 saturated carbocycles. The van der Waals surface area contributed by atoms with Gasteiger partial charge in [-0.15, -0.1) is 0 Å². The lowest BCUT2D eigenvalue weighted by Crippen LogP contribution is -2.51. The number of carbonyl (C=O) groups excluding carboxylic acids is 3. The van der Waals surface area contributed by atoms with Crippen LogP contribution in [0.3, 0.4) is 0 Å². The molecule has 0 radical (unpaired) electrons. The van der Waals surface area contributed by atoms with Crippen LogP contribution in [-0.2, 0) is 14.3 Å². The quantitative estimate of drug-likeness (QED) is 0.769. The Bertz CT molecular complexity index is 711. The van der Waals surface area contributed by atoms with Gasteiger partial charge in [-0.05, 0) is 32.4 Å². The minimum atomic E-state index is -0.538. The van der Waals surface area contributed by atoms with Crippen molar-refractivity contribution >= 4 is 18.0 Å². The van der Waals surface area contributed by atoms with Crippen molar-refractivity contribution in [3.8, 4) is 0 Å². The largest absolute Gasteiger partial charge is 0.463 e. The Hall–Kier alpha value is -2.83. The molecule has 1 atom stereocenters. The number of aryl methyl sites for hydroxylation is 1. The number of rotatable bonds is 6. The van der Waals surface area contributed by atoms with E-state index in [2.05, 4.69) is 10.6 Å². The number of ether oxygens (including phenoxy) is 2. The molecular formula is C18H22N2O5. The first-order valence-corrected chi connectivity index (χ1v) is 8.17. The van der Waals surface area contributed by atoms with Crippen molar-refractivity contribution in [2.24, 2.45) is 0 Å². The molecule has 2 rings (SSSR count). The lowest BCUT2D eigenvalue weighted by molar-refractivity contribution is -0.139. The molecule has 134 valence electrons. The average molecular weight is 346 g/mol. The molecule has 0 unspecified atom stereocenters. The molecule has 0 spiro atoms. The van der Waals surface area contributed by atoms with Gasteiger partial charge in [-0.1, -0.05) is 24.6 Å². The van der Waals surface area contributed by atoms with Gasteiger partial charge >= 0.3 is 18.0 Å². The highest BCUT2D eigenvalue weighted by molar-refractivity contribution is 5.95. The molecule has 7 heteroatoms. The van der Waals surface area contributed by atoms with Crippen molar-refractivity contribution in [1.29, 1.82) is 0 Å². The lowest BCUT2D eigenvalue weighted by Gasteiger charge is -2.28. The zero-order valence-corrected chi connectivity index (χ0v) is 14.5. The van der Waals surface area contributed by atoms with E-state index in [-0.39, 0.29) is 24.5 Å². The molecule has 1 aliphatic rings. The molecule has 1 aliphatic heterocycles. The molecule has 0 bridgehead atoms. The van der Waals surface area contributed by atoms with Crippen LogP contribution in [0.1, 0.15) is 36.2 Å². The molecule has 25 heavy (non-hydrogen) atoms. The van der Waals surface area contributed by atoms with Gasteiger partial charge in [0.1, 0.15) is 6.61 Å². The molecule has 0 saturated heterocycles. The van der Waals surface area contributed by atoms with E-state index in [1.807, 2.05) is 19.9 Å². The first-order valence-electron chi connectivity index (χ1n) is 8.17. The fourth-order valence-corrected chi connectivity index (χ4v) is 2.57. The summed E-state index contributed by atoms with van der Waals surface area (Å²) < 4.78 is 10.3. The van der Waals surface area contributed by atoms with Crippen LogP contribution in [0.25, 0.3) is 0 Å². The number of carbonyl (C=O) groups is 3. The summed E-state index contributed by atoms with van der Waals surface area (Å²) in [5.74, 6) is -1.07. The lowest BCUT2D eigenvalue weighted by atomic mass is 10.0. The number of urea groups is 1. The van der Waals surface area contributed by atoms with Gasteiger partial charge in [0, 0.05) is 0 Å². The molecule has 1 aromatic rings. The number of hydrogen-bond acceptors (Lipinski definition) is 5. The van der Waals surface area contributed by atoms with E-state index < -0.39 is 24.0 Å². The fourth-order valence-electron chi connectivity index (χ4n) is 2.57. The first-order chi connectivity index (χ1) is 12.0. The standard InChI is InChI=1S/C18H22N2O5/c1-4-13-15(17(22)24-5-2)14(20-18(23)19-13)10-25-16(21)12-8-6-7-11(3)9-12/h6-9,13H,4-5,10H2,1-3H3,(H2,19,20,23)/t13-/m0/s1. The first kappa shape index (κ1) is 18.5. The van der Waals surface area contributed by atoms with E-state index in [1.165, 1.54) is 0 Å². The Morgan fingerprint density at radius 3 is 2.56 bits per heavy atom. The van der Waals surface area contributed by atoms with E-state index >= 15 is 0 Å². The third kappa shape index (κ3) is 4.59. The normalized spacial score (nSPS) is 16.8. The Morgan fingerprint density at radius 2 is 1.92 bits per heavy atom. The predicted molar refractivity (Wildman–Crippen MR) is 90.9 cm³/mol. The van der Waals surface area contributed by atoms with Crippen LogP contribution in [-0.4, -0.2) is 37.2 Å². The Balaban J connectivity index is 2.21. The highest BCUT2D eigenvalue weighted by Gasteiger charge is 2.32. The molecule has 2 amide bonds. The van der Waals surface area contributed by atoms with Gasteiger partial charge in [0.15, 0.2) is 0 Å². The van der Waals surface area contributed by atoms with Gasteiger partial charge in [-0.3, -0.25) is 0 Å². The number of amides is 2. The monoisotopic (exact) mass is 346 g/mol. The van der Waals surface area contributed by atoms with Gasteiger partial charge in [0.2, 0.25) is 0 Å². The summed E-state index contributed by atoms with van der Waals surface area (Å²) in [5, 5.41) is 5.20. The maximum atomic E-state index is 12.2. The Labute approximate surface area is 146 Å². The zero-order chi connectivity index (χ0) is 18.4. The van der Waals surface area contributed by atoms with Crippen molar-refractivity contribution in [3.05, 3.63) is 46.7 Å². The van der Waals surface area contributed by atoms with Crippen LogP contribution in [0.15, 0.2) is 35.5 Å². The van der Waals surface area contributed by atoms with E-state index in [1.54, 1.807) is 25.1 Å². The minimum Gasteiger partial charge on any atom is -0.463 e. The van der Waals surface area contributed by atoms with Crippen molar-refractivity contribution in [3.63, 3.8) is 0 Å². The second-order valence-corrected chi connectivity index (χ2v) is 5.62. The number of hydrogen-bond donors (Lipinski definition) is 2. The van der Waals surface area contributed by atoms with E-state index in [9.17, 15) is 14.4 Å². The summed E-state index contributed by atoms with van der Waals surface area (Å²) in [7, 11) is 0. The highest BCUT2D eigenvalue weighted by Crippen LogP contribution is 2.18. The topological polar surface area (TPSA) is 93.7 Å². The fraction of sp³-hybridized carbons (Fsp3) is 0.389. The van der Waals surface area contributed by atoms with Crippen molar-refractivity contribution in [2.75, 3.05) is 13.2 Å². The SMILES string of the molecule is CCOC(=O)C1=C(COC(=O)c2cccc(C)c2)NC(=O)N[C@H]1CC. The van der Waals surface area contributed by atoms with Crippen molar-refractivity contribution in [1.82, 2.24) is 10.6 Å². The number of benzene rings is 1. The minimum absolute atomic E-state index is 0.211. The third-order valence-corrected chi connectivity index (χ3v) is 3.75. The average Bonchev–Trinajstić information content (AvgIpc) is 2.59. The zero-order valence-electron chi connectivity index (χ0n) is 14.5. The van der Waals surface area contributed by atoms with Crippen LogP contribution in [0.5, 0.6) is 0 Å². The molecular weight excluding hydrogens is 324 g/mol. The molecule has 1 aromatic carbocycles. The van der Waals surface area contributed by atoms with Gasteiger partial charge in [0.05, 0.1) is 29.5 Å². The van der Waals surface area contributed by atoms with Gasteiger partial charge in [-0.2, -0.15) is 0 Å². The van der Waals surface area contributed by atoms with Crippen LogP contribution in [0, 0.1) is 6.92 Å². The summed E-state index contributed by atoms with van der Waals surface area (Å²) >= 11 is 0.